The Morgan fingerprint density at radius 1 is 1.40 bits per heavy atom. The smallest absolute Gasteiger partial charge is 0.262 e. The van der Waals surface area contributed by atoms with Gasteiger partial charge in [-0.25, -0.2) is 8.42 Å². The maximum atomic E-state index is 11.4. The van der Waals surface area contributed by atoms with E-state index in [9.17, 15) is 8.42 Å². The first-order chi connectivity index (χ1) is 9.39. The fraction of sp³-hybridized carbons (Fsp3) is 0.417. The molecule has 2 atom stereocenters. The highest BCUT2D eigenvalue weighted by Crippen LogP contribution is 2.20. The first-order valence-electron chi connectivity index (χ1n) is 5.86. The zero-order valence-corrected chi connectivity index (χ0v) is 13.1. The number of halogens is 1. The third-order valence-electron chi connectivity index (χ3n) is 2.84. The molecule has 1 aromatic carbocycles. The number of hydrogen-bond acceptors (Lipinski definition) is 5. The van der Waals surface area contributed by atoms with Gasteiger partial charge < -0.3 is 14.8 Å². The van der Waals surface area contributed by atoms with E-state index in [4.69, 9.17) is 33.3 Å². The largest absolute Gasteiger partial charge is 0.497 e. The summed E-state index contributed by atoms with van der Waals surface area (Å²) in [6.07, 6.45) is 0. The van der Waals surface area contributed by atoms with Gasteiger partial charge in [-0.3, -0.25) is 0 Å². The van der Waals surface area contributed by atoms with Crippen molar-refractivity contribution in [3.8, 4) is 11.5 Å². The van der Waals surface area contributed by atoms with Crippen LogP contribution >= 0.6 is 23.8 Å². The fourth-order valence-corrected chi connectivity index (χ4v) is 4.69. The molecule has 20 heavy (non-hydrogen) atoms. The van der Waals surface area contributed by atoms with Crippen molar-refractivity contribution in [1.29, 1.82) is 0 Å². The maximum Gasteiger partial charge on any atom is 0.262 e. The molecule has 1 N–H and O–H groups in total. The third kappa shape index (κ3) is 3.97. The third-order valence-corrected chi connectivity index (χ3v) is 5.41. The zero-order chi connectivity index (χ0) is 14.8. The summed E-state index contributed by atoms with van der Waals surface area (Å²) in [6, 6.07) is 6.51. The Morgan fingerprint density at radius 2 is 2.10 bits per heavy atom. The summed E-state index contributed by atoms with van der Waals surface area (Å²) in [5, 5.41) is 2.41. The molecule has 5 nitrogen and oxygen atoms in total. The molecule has 1 aliphatic rings. The summed E-state index contributed by atoms with van der Waals surface area (Å²) in [5.41, 5.74) is 0. The molecule has 1 heterocycles. The molecule has 110 valence electrons. The summed E-state index contributed by atoms with van der Waals surface area (Å²) in [5.74, 6) is 1.06. The van der Waals surface area contributed by atoms with Crippen LogP contribution in [0.1, 0.15) is 0 Å². The lowest BCUT2D eigenvalue weighted by Crippen LogP contribution is -2.41. The SMILES string of the molecule is COc1cccc(OC(=S)NC2CS(=O)(=O)CC2Cl)c1. The zero-order valence-electron chi connectivity index (χ0n) is 10.7. The number of ether oxygens (including phenoxy) is 2. The number of sulfone groups is 1. The summed E-state index contributed by atoms with van der Waals surface area (Å²) in [4.78, 5) is 0. The van der Waals surface area contributed by atoms with Gasteiger partial charge in [0.05, 0.1) is 30.0 Å². The van der Waals surface area contributed by atoms with Crippen molar-refractivity contribution in [3.63, 3.8) is 0 Å². The van der Waals surface area contributed by atoms with E-state index in [1.54, 1.807) is 31.4 Å². The van der Waals surface area contributed by atoms with E-state index in [1.807, 2.05) is 0 Å². The lowest BCUT2D eigenvalue weighted by Gasteiger charge is -2.16. The summed E-state index contributed by atoms with van der Waals surface area (Å²) in [7, 11) is -1.55. The van der Waals surface area contributed by atoms with E-state index in [2.05, 4.69) is 5.32 Å². The van der Waals surface area contributed by atoms with Crippen LogP contribution in [0.3, 0.4) is 0 Å². The highest BCUT2D eigenvalue weighted by atomic mass is 35.5. The number of benzene rings is 1. The predicted octanol–water partition coefficient (Wildman–Crippen LogP) is 1.35. The highest BCUT2D eigenvalue weighted by molar-refractivity contribution is 7.91. The van der Waals surface area contributed by atoms with E-state index in [0.29, 0.717) is 11.5 Å². The molecule has 0 amide bonds. The molecule has 0 aliphatic carbocycles. The van der Waals surface area contributed by atoms with Crippen molar-refractivity contribution >= 4 is 38.8 Å². The van der Waals surface area contributed by atoms with Crippen molar-refractivity contribution in [2.75, 3.05) is 18.6 Å². The van der Waals surface area contributed by atoms with Crippen LogP contribution in [0.25, 0.3) is 0 Å². The summed E-state index contributed by atoms with van der Waals surface area (Å²) in [6.45, 7) is 0. The molecule has 1 saturated heterocycles. The molecular formula is C12H14ClNO4S2. The van der Waals surface area contributed by atoms with Crippen LogP contribution in [0.5, 0.6) is 11.5 Å². The topological polar surface area (TPSA) is 64.6 Å². The Balaban J connectivity index is 1.96. The van der Waals surface area contributed by atoms with Gasteiger partial charge >= 0.3 is 0 Å². The molecule has 8 heteroatoms. The molecule has 1 fully saturated rings. The Morgan fingerprint density at radius 3 is 2.70 bits per heavy atom. The van der Waals surface area contributed by atoms with Crippen LogP contribution in [-0.2, 0) is 9.84 Å². The molecule has 0 radical (unpaired) electrons. The highest BCUT2D eigenvalue weighted by Gasteiger charge is 2.37. The van der Waals surface area contributed by atoms with Gasteiger partial charge in [0.2, 0.25) is 0 Å². The van der Waals surface area contributed by atoms with Crippen LogP contribution in [0.2, 0.25) is 0 Å². The molecule has 1 aliphatic heterocycles. The molecule has 0 saturated carbocycles. The summed E-state index contributed by atoms with van der Waals surface area (Å²) < 4.78 is 33.4. The molecule has 0 aromatic heterocycles. The first-order valence-corrected chi connectivity index (χ1v) is 8.53. The lowest BCUT2D eigenvalue weighted by molar-refractivity contribution is 0.411. The van der Waals surface area contributed by atoms with Gasteiger partial charge in [-0.2, -0.15) is 0 Å². The Hall–Kier alpha value is -1.05. The molecule has 0 spiro atoms. The average molecular weight is 336 g/mol. The van der Waals surface area contributed by atoms with Crippen LogP contribution in [0.4, 0.5) is 0 Å². The summed E-state index contributed by atoms with van der Waals surface area (Å²) >= 11 is 11.0. The molecular weight excluding hydrogens is 322 g/mol. The van der Waals surface area contributed by atoms with Gasteiger partial charge in [-0.1, -0.05) is 6.07 Å². The van der Waals surface area contributed by atoms with E-state index in [-0.39, 0.29) is 16.7 Å². The van der Waals surface area contributed by atoms with E-state index >= 15 is 0 Å². The Labute approximate surface area is 128 Å². The van der Waals surface area contributed by atoms with Crippen LogP contribution in [0, 0.1) is 0 Å². The van der Waals surface area contributed by atoms with Crippen LogP contribution in [0.15, 0.2) is 24.3 Å². The van der Waals surface area contributed by atoms with Gasteiger partial charge in [-0.15, -0.1) is 11.6 Å². The normalized spacial score (nSPS) is 24.1. The van der Waals surface area contributed by atoms with E-state index in [0.717, 1.165) is 0 Å². The van der Waals surface area contributed by atoms with Crippen molar-refractivity contribution in [2.24, 2.45) is 0 Å². The first kappa shape index (κ1) is 15.3. The second-order valence-electron chi connectivity index (χ2n) is 4.41. The second kappa shape index (κ2) is 6.15. The minimum atomic E-state index is -3.10. The van der Waals surface area contributed by atoms with Gasteiger partial charge in [0, 0.05) is 6.07 Å². The van der Waals surface area contributed by atoms with Crippen molar-refractivity contribution < 1.29 is 17.9 Å². The van der Waals surface area contributed by atoms with Gasteiger partial charge in [0.15, 0.2) is 9.84 Å². The molecule has 2 unspecified atom stereocenters. The number of alkyl halides is 1. The van der Waals surface area contributed by atoms with Crippen LogP contribution in [-0.4, -0.2) is 43.6 Å². The van der Waals surface area contributed by atoms with Gasteiger partial charge in [0.25, 0.3) is 5.17 Å². The Kier molecular flexibility index (Phi) is 4.72. The number of thiocarbonyl (C=S) groups is 1. The van der Waals surface area contributed by atoms with E-state index < -0.39 is 21.3 Å². The van der Waals surface area contributed by atoms with Crippen molar-refractivity contribution in [3.05, 3.63) is 24.3 Å². The van der Waals surface area contributed by atoms with Crippen LogP contribution < -0.4 is 14.8 Å². The Bertz CT molecular complexity index is 605. The lowest BCUT2D eigenvalue weighted by atomic mass is 10.3. The van der Waals surface area contributed by atoms with Gasteiger partial charge in [-0.05, 0) is 24.4 Å². The predicted molar refractivity (Wildman–Crippen MR) is 81.4 cm³/mol. The standard InChI is InChI=1S/C12H14ClNO4S2/c1-17-8-3-2-4-9(5-8)18-12(19)14-11-7-20(15,16)6-10(11)13/h2-5,10-11H,6-7H2,1H3,(H,14,19). The second-order valence-corrected chi connectivity index (χ2v) is 7.50. The molecule has 0 bridgehead atoms. The molecule has 1 aromatic rings. The van der Waals surface area contributed by atoms with E-state index in [1.165, 1.54) is 0 Å². The number of nitrogens with one attached hydrogen (secondary N) is 1. The monoisotopic (exact) mass is 335 g/mol. The number of methoxy groups -OCH3 is 1. The number of rotatable bonds is 3. The average Bonchev–Trinajstić information content (AvgIpc) is 2.62. The van der Waals surface area contributed by atoms with Gasteiger partial charge in [0.1, 0.15) is 11.5 Å². The maximum absolute atomic E-state index is 11.4. The van der Waals surface area contributed by atoms with Crippen molar-refractivity contribution in [1.82, 2.24) is 5.32 Å². The minimum absolute atomic E-state index is 0.0389. The number of hydrogen-bond donors (Lipinski definition) is 1. The molecule has 2 rings (SSSR count). The quantitative estimate of drug-likeness (QED) is 0.664. The fourth-order valence-electron chi connectivity index (χ4n) is 1.89. The minimum Gasteiger partial charge on any atom is -0.497 e. The van der Waals surface area contributed by atoms with Crippen molar-refractivity contribution in [2.45, 2.75) is 11.4 Å².